The highest BCUT2D eigenvalue weighted by atomic mass is 127. The van der Waals surface area contributed by atoms with Crippen molar-refractivity contribution in [3.8, 4) is 17.6 Å². The van der Waals surface area contributed by atoms with Crippen molar-refractivity contribution >= 4 is 51.0 Å². The summed E-state index contributed by atoms with van der Waals surface area (Å²) in [4.78, 5) is 12.6. The lowest BCUT2D eigenvalue weighted by Gasteiger charge is -2.17. The van der Waals surface area contributed by atoms with Gasteiger partial charge in [-0.1, -0.05) is 54.6 Å². The molecule has 0 heterocycles. The van der Waals surface area contributed by atoms with Crippen LogP contribution in [0.15, 0.2) is 84.4 Å². The van der Waals surface area contributed by atoms with Crippen LogP contribution < -0.4 is 14.8 Å². The number of nitriles is 1. The number of hydrogen-bond donors (Lipinski definition) is 1. The van der Waals surface area contributed by atoms with E-state index in [1.807, 2.05) is 49.4 Å². The number of carbonyl (C=O) groups is 1. The van der Waals surface area contributed by atoms with E-state index in [1.54, 1.807) is 24.3 Å². The van der Waals surface area contributed by atoms with E-state index < -0.39 is 5.91 Å². The molecule has 0 aliphatic rings. The van der Waals surface area contributed by atoms with Crippen LogP contribution in [-0.4, -0.2) is 12.5 Å². The summed E-state index contributed by atoms with van der Waals surface area (Å²) in [6, 6.07) is 27.2. The Hall–Kier alpha value is -3.83. The van der Waals surface area contributed by atoms with E-state index in [0.29, 0.717) is 36.0 Å². The Kier molecular flexibility index (Phi) is 8.24. The van der Waals surface area contributed by atoms with Crippen LogP contribution in [0.2, 0.25) is 0 Å². The molecule has 180 valence electrons. The summed E-state index contributed by atoms with van der Waals surface area (Å²) in [5.74, 6) is 0.729. The Labute approximate surface area is 224 Å². The van der Waals surface area contributed by atoms with Crippen molar-refractivity contribution in [2.75, 3.05) is 11.9 Å². The molecule has 1 N–H and O–H groups in total. The van der Waals surface area contributed by atoms with Crippen LogP contribution >= 0.6 is 22.6 Å². The van der Waals surface area contributed by atoms with Gasteiger partial charge >= 0.3 is 0 Å². The van der Waals surface area contributed by atoms with Gasteiger partial charge in [0.25, 0.3) is 5.91 Å². The number of amides is 1. The summed E-state index contributed by atoms with van der Waals surface area (Å²) in [6.07, 6.45) is 1.56. The Morgan fingerprint density at radius 1 is 1.03 bits per heavy atom. The molecule has 0 saturated heterocycles. The van der Waals surface area contributed by atoms with Gasteiger partial charge in [0.2, 0.25) is 0 Å². The summed E-state index contributed by atoms with van der Waals surface area (Å²) in [6.45, 7) is 4.83. The average molecular weight is 588 g/mol. The lowest BCUT2D eigenvalue weighted by molar-refractivity contribution is -0.112. The molecular weight excluding hydrogens is 563 g/mol. The van der Waals surface area contributed by atoms with Gasteiger partial charge in [-0.05, 0) is 88.7 Å². The predicted molar refractivity (Wildman–Crippen MR) is 152 cm³/mol. The smallest absolute Gasteiger partial charge is 0.266 e. The molecule has 0 fully saturated rings. The molecular formula is C30H25IN2O3. The number of fused-ring (bicyclic) bond motifs is 1. The topological polar surface area (TPSA) is 71.3 Å². The normalized spacial score (nSPS) is 11.1. The molecule has 5 nitrogen and oxygen atoms in total. The summed E-state index contributed by atoms with van der Waals surface area (Å²) in [5, 5.41) is 14.7. The first-order valence-electron chi connectivity index (χ1n) is 11.5. The van der Waals surface area contributed by atoms with Gasteiger partial charge < -0.3 is 14.8 Å². The van der Waals surface area contributed by atoms with Gasteiger partial charge in [0.05, 0.1) is 10.2 Å². The molecule has 0 radical (unpaired) electrons. The molecule has 36 heavy (non-hydrogen) atoms. The van der Waals surface area contributed by atoms with Crippen molar-refractivity contribution in [3.63, 3.8) is 0 Å². The number of halogens is 1. The number of hydrogen-bond acceptors (Lipinski definition) is 4. The maximum Gasteiger partial charge on any atom is 0.266 e. The number of aryl methyl sites for hydroxylation is 1. The van der Waals surface area contributed by atoms with Crippen molar-refractivity contribution in [2.45, 2.75) is 20.5 Å². The minimum Gasteiger partial charge on any atom is -0.490 e. The fraction of sp³-hybridized carbons (Fsp3) is 0.133. The van der Waals surface area contributed by atoms with Gasteiger partial charge in [-0.25, -0.2) is 0 Å². The summed E-state index contributed by atoms with van der Waals surface area (Å²) in [7, 11) is 0. The third kappa shape index (κ3) is 5.86. The van der Waals surface area contributed by atoms with Gasteiger partial charge in [0, 0.05) is 11.3 Å². The molecule has 4 rings (SSSR count). The number of rotatable bonds is 8. The van der Waals surface area contributed by atoms with Crippen molar-refractivity contribution in [2.24, 2.45) is 0 Å². The SMILES string of the molecule is CCOc1cc(/C=C(\C#N)C(=O)Nc2ccccc2)cc(I)c1OCc1c(C)ccc2ccccc12. The second kappa shape index (κ2) is 11.7. The number of anilines is 1. The number of nitrogens with zero attached hydrogens (tertiary/aromatic N) is 1. The fourth-order valence-corrected chi connectivity index (χ4v) is 4.67. The molecule has 0 aliphatic heterocycles. The molecule has 0 spiro atoms. The summed E-state index contributed by atoms with van der Waals surface area (Å²) in [5.41, 5.74) is 3.58. The first kappa shape index (κ1) is 25.3. The van der Waals surface area contributed by atoms with Gasteiger partial charge in [-0.15, -0.1) is 0 Å². The summed E-state index contributed by atoms with van der Waals surface area (Å²) < 4.78 is 13.0. The maximum absolute atomic E-state index is 12.6. The second-order valence-corrected chi connectivity index (χ2v) is 9.29. The van der Waals surface area contributed by atoms with Crippen LogP contribution in [0.5, 0.6) is 11.5 Å². The Morgan fingerprint density at radius 3 is 2.53 bits per heavy atom. The van der Waals surface area contributed by atoms with Gasteiger partial charge in [0.15, 0.2) is 11.5 Å². The average Bonchev–Trinajstić information content (AvgIpc) is 2.88. The third-order valence-corrected chi connectivity index (χ3v) is 6.48. The molecule has 0 aliphatic carbocycles. The molecule has 0 aromatic heterocycles. The number of ether oxygens (including phenoxy) is 2. The van der Waals surface area contributed by atoms with Crippen LogP contribution in [0.1, 0.15) is 23.6 Å². The van der Waals surface area contributed by atoms with E-state index in [2.05, 4.69) is 59.1 Å². The highest BCUT2D eigenvalue weighted by Gasteiger charge is 2.16. The number of para-hydroxylation sites is 1. The minimum atomic E-state index is -0.469. The Morgan fingerprint density at radius 2 is 1.78 bits per heavy atom. The summed E-state index contributed by atoms with van der Waals surface area (Å²) >= 11 is 2.20. The highest BCUT2D eigenvalue weighted by Crippen LogP contribution is 2.36. The third-order valence-electron chi connectivity index (χ3n) is 5.68. The van der Waals surface area contributed by atoms with E-state index >= 15 is 0 Å². The number of carbonyl (C=O) groups excluding carboxylic acids is 1. The van der Waals surface area contributed by atoms with Gasteiger partial charge in [0.1, 0.15) is 18.2 Å². The molecule has 0 saturated carbocycles. The lowest BCUT2D eigenvalue weighted by Crippen LogP contribution is -2.13. The van der Waals surface area contributed by atoms with Crippen molar-refractivity contribution in [1.29, 1.82) is 5.26 Å². The molecule has 1 amide bonds. The maximum atomic E-state index is 12.6. The molecule has 0 bridgehead atoms. The molecule has 0 unspecified atom stereocenters. The number of benzene rings is 4. The molecule has 4 aromatic carbocycles. The van der Waals surface area contributed by atoms with Crippen LogP contribution in [-0.2, 0) is 11.4 Å². The predicted octanol–water partition coefficient (Wildman–Crippen LogP) is 7.28. The van der Waals surface area contributed by atoms with Crippen molar-refractivity contribution in [3.05, 3.63) is 105 Å². The zero-order chi connectivity index (χ0) is 25.5. The van der Waals surface area contributed by atoms with Gasteiger partial charge in [-0.3, -0.25) is 4.79 Å². The second-order valence-electron chi connectivity index (χ2n) is 8.12. The molecule has 6 heteroatoms. The highest BCUT2D eigenvalue weighted by molar-refractivity contribution is 14.1. The van der Waals surface area contributed by atoms with Crippen molar-refractivity contribution < 1.29 is 14.3 Å². The fourth-order valence-electron chi connectivity index (χ4n) is 3.89. The van der Waals surface area contributed by atoms with Crippen molar-refractivity contribution in [1.82, 2.24) is 0 Å². The monoisotopic (exact) mass is 588 g/mol. The van der Waals surface area contributed by atoms with Crippen LogP contribution in [0.3, 0.4) is 0 Å². The van der Waals surface area contributed by atoms with E-state index in [1.165, 1.54) is 5.39 Å². The van der Waals surface area contributed by atoms with E-state index in [4.69, 9.17) is 9.47 Å². The lowest BCUT2D eigenvalue weighted by atomic mass is 10.0. The first-order chi connectivity index (χ1) is 17.5. The van der Waals surface area contributed by atoms with Crippen LogP contribution in [0, 0.1) is 21.8 Å². The standard InChI is InChI=1S/C30H25IN2O3/c1-3-35-28-17-21(15-23(18-32)30(34)33-24-10-5-4-6-11-24)16-27(31)29(28)36-19-26-20(2)13-14-22-9-7-8-12-25(22)26/h4-17H,3,19H2,1-2H3,(H,33,34)/b23-15+. The quantitative estimate of drug-likeness (QED) is 0.134. The Bertz CT molecular complexity index is 1470. The Balaban J connectivity index is 1.62. The van der Waals surface area contributed by atoms with Gasteiger partial charge in [-0.2, -0.15) is 5.26 Å². The zero-order valence-electron chi connectivity index (χ0n) is 20.0. The van der Waals surface area contributed by atoms with E-state index in [9.17, 15) is 10.1 Å². The molecule has 0 atom stereocenters. The largest absolute Gasteiger partial charge is 0.490 e. The first-order valence-corrected chi connectivity index (χ1v) is 12.6. The molecule has 4 aromatic rings. The van der Waals surface area contributed by atoms with Crippen LogP contribution in [0.25, 0.3) is 16.8 Å². The zero-order valence-corrected chi connectivity index (χ0v) is 22.2. The number of nitrogens with one attached hydrogen (secondary N) is 1. The van der Waals surface area contributed by atoms with Crippen LogP contribution in [0.4, 0.5) is 5.69 Å². The van der Waals surface area contributed by atoms with E-state index in [0.717, 1.165) is 20.1 Å². The van der Waals surface area contributed by atoms with E-state index in [-0.39, 0.29) is 5.57 Å². The minimum absolute atomic E-state index is 0.00264.